The average molecular weight is 264 g/mol. The van der Waals surface area contributed by atoms with Crippen LogP contribution >= 0.6 is 0 Å². The van der Waals surface area contributed by atoms with Crippen LogP contribution in [0.3, 0.4) is 0 Å². The molecule has 0 bridgehead atoms. The van der Waals surface area contributed by atoms with E-state index in [1.165, 1.54) is 18.2 Å². The number of benzene rings is 2. The molecule has 0 aromatic heterocycles. The van der Waals surface area contributed by atoms with Crippen LogP contribution in [0.5, 0.6) is 5.75 Å². The monoisotopic (exact) mass is 264 g/mol. The molecule has 0 amide bonds. The summed E-state index contributed by atoms with van der Waals surface area (Å²) in [6.07, 6.45) is 0. The molecular formula is C12H12N2O3S. The number of anilines is 2. The van der Waals surface area contributed by atoms with E-state index < -0.39 is 10.0 Å². The van der Waals surface area contributed by atoms with Crippen molar-refractivity contribution in [3.8, 4) is 5.75 Å². The molecule has 0 spiro atoms. The Bertz CT molecular complexity index is 654. The van der Waals surface area contributed by atoms with Crippen LogP contribution < -0.4 is 10.5 Å². The van der Waals surface area contributed by atoms with Gasteiger partial charge in [0.2, 0.25) is 0 Å². The molecule has 4 N–H and O–H groups in total. The number of nitrogens with one attached hydrogen (secondary N) is 1. The summed E-state index contributed by atoms with van der Waals surface area (Å²) in [5.74, 6) is -0.376. The second kappa shape index (κ2) is 4.58. The smallest absolute Gasteiger partial charge is 0.265 e. The summed E-state index contributed by atoms with van der Waals surface area (Å²) in [5, 5.41) is 9.61. The van der Waals surface area contributed by atoms with E-state index >= 15 is 0 Å². The van der Waals surface area contributed by atoms with E-state index in [1.807, 2.05) is 0 Å². The van der Waals surface area contributed by atoms with E-state index in [0.717, 1.165) is 0 Å². The molecule has 0 aliphatic carbocycles. The van der Waals surface area contributed by atoms with Crippen LogP contribution in [0.4, 0.5) is 11.4 Å². The molecule has 0 aliphatic rings. The van der Waals surface area contributed by atoms with Gasteiger partial charge in [0.05, 0.1) is 0 Å². The first-order valence-electron chi connectivity index (χ1n) is 5.15. The fraction of sp³-hybridized carbons (Fsp3) is 0. The lowest BCUT2D eigenvalue weighted by atomic mass is 10.3. The standard InChI is InChI=1S/C12H12N2O3S/c13-9-6-7-12(11(15)8-9)18(16,17)14-10-4-2-1-3-5-10/h1-8,14-15H,13H2. The molecule has 0 unspecified atom stereocenters. The highest BCUT2D eigenvalue weighted by molar-refractivity contribution is 7.92. The highest BCUT2D eigenvalue weighted by atomic mass is 32.2. The van der Waals surface area contributed by atoms with Crippen molar-refractivity contribution in [3.63, 3.8) is 0 Å². The maximum absolute atomic E-state index is 12.0. The van der Waals surface area contributed by atoms with Crippen molar-refractivity contribution in [3.05, 3.63) is 48.5 Å². The quantitative estimate of drug-likeness (QED) is 0.737. The van der Waals surface area contributed by atoms with E-state index in [1.54, 1.807) is 30.3 Å². The second-order valence-corrected chi connectivity index (χ2v) is 5.35. The Morgan fingerprint density at radius 2 is 1.72 bits per heavy atom. The van der Waals surface area contributed by atoms with Crippen LogP contribution in [-0.4, -0.2) is 13.5 Å². The first-order chi connectivity index (χ1) is 8.49. The third-order valence-electron chi connectivity index (χ3n) is 2.30. The van der Waals surface area contributed by atoms with Gasteiger partial charge < -0.3 is 10.8 Å². The summed E-state index contributed by atoms with van der Waals surface area (Å²) in [6.45, 7) is 0. The molecule has 2 aromatic carbocycles. The van der Waals surface area contributed by atoms with E-state index in [9.17, 15) is 13.5 Å². The van der Waals surface area contributed by atoms with Gasteiger partial charge >= 0.3 is 0 Å². The van der Waals surface area contributed by atoms with Crippen molar-refractivity contribution in [2.75, 3.05) is 10.5 Å². The van der Waals surface area contributed by atoms with Crippen LogP contribution in [0, 0.1) is 0 Å². The number of aromatic hydroxyl groups is 1. The number of para-hydroxylation sites is 1. The number of phenolic OH excluding ortho intramolecular Hbond substituents is 1. The van der Waals surface area contributed by atoms with Gasteiger partial charge in [-0.3, -0.25) is 4.72 Å². The first-order valence-corrected chi connectivity index (χ1v) is 6.64. The third kappa shape index (κ3) is 2.54. The van der Waals surface area contributed by atoms with Gasteiger partial charge in [-0.15, -0.1) is 0 Å². The van der Waals surface area contributed by atoms with Gasteiger partial charge in [-0.1, -0.05) is 18.2 Å². The van der Waals surface area contributed by atoms with E-state index in [4.69, 9.17) is 5.73 Å². The SMILES string of the molecule is Nc1ccc(S(=O)(=O)Nc2ccccc2)c(O)c1. The van der Waals surface area contributed by atoms with Crippen molar-refractivity contribution in [2.24, 2.45) is 0 Å². The molecule has 5 nitrogen and oxygen atoms in total. The predicted octanol–water partition coefficient (Wildman–Crippen LogP) is 1.78. The molecule has 18 heavy (non-hydrogen) atoms. The Morgan fingerprint density at radius 3 is 2.33 bits per heavy atom. The molecule has 2 rings (SSSR count). The number of nitrogen functional groups attached to an aromatic ring is 1. The van der Waals surface area contributed by atoms with Crippen molar-refractivity contribution in [1.29, 1.82) is 0 Å². The normalized spacial score (nSPS) is 11.1. The highest BCUT2D eigenvalue weighted by Gasteiger charge is 2.18. The summed E-state index contributed by atoms with van der Waals surface area (Å²) in [7, 11) is -3.82. The zero-order valence-electron chi connectivity index (χ0n) is 9.37. The second-order valence-electron chi connectivity index (χ2n) is 3.70. The van der Waals surface area contributed by atoms with Gasteiger partial charge in [0.15, 0.2) is 0 Å². The van der Waals surface area contributed by atoms with Crippen LogP contribution in [-0.2, 0) is 10.0 Å². The molecule has 2 aromatic rings. The Morgan fingerprint density at radius 1 is 1.06 bits per heavy atom. The van der Waals surface area contributed by atoms with Crippen LogP contribution in [0.15, 0.2) is 53.4 Å². The minimum atomic E-state index is -3.82. The van der Waals surface area contributed by atoms with Crippen molar-refractivity contribution in [2.45, 2.75) is 4.90 Å². The van der Waals surface area contributed by atoms with Crippen molar-refractivity contribution >= 4 is 21.4 Å². The minimum Gasteiger partial charge on any atom is -0.506 e. The number of phenols is 1. The molecule has 94 valence electrons. The maximum Gasteiger partial charge on any atom is 0.265 e. The highest BCUT2D eigenvalue weighted by Crippen LogP contribution is 2.26. The van der Waals surface area contributed by atoms with E-state index in [2.05, 4.69) is 4.72 Å². The van der Waals surface area contributed by atoms with Crippen LogP contribution in [0.2, 0.25) is 0 Å². The van der Waals surface area contributed by atoms with Gasteiger partial charge in [0, 0.05) is 17.4 Å². The van der Waals surface area contributed by atoms with Crippen molar-refractivity contribution < 1.29 is 13.5 Å². The summed E-state index contributed by atoms with van der Waals surface area (Å²) in [5.41, 5.74) is 6.17. The zero-order valence-corrected chi connectivity index (χ0v) is 10.2. The molecule has 0 atom stereocenters. The molecular weight excluding hydrogens is 252 g/mol. The van der Waals surface area contributed by atoms with Gasteiger partial charge in [-0.2, -0.15) is 0 Å². The average Bonchev–Trinajstić information content (AvgIpc) is 2.29. The number of sulfonamides is 1. The Kier molecular flexibility index (Phi) is 3.12. The molecule has 0 saturated heterocycles. The Hall–Kier alpha value is -2.21. The zero-order chi connectivity index (χ0) is 13.2. The molecule has 0 fully saturated rings. The lowest BCUT2D eigenvalue weighted by molar-refractivity contribution is 0.459. The molecule has 0 heterocycles. The minimum absolute atomic E-state index is 0.208. The van der Waals surface area contributed by atoms with Gasteiger partial charge in [0.1, 0.15) is 10.6 Å². The molecule has 0 saturated carbocycles. The van der Waals surface area contributed by atoms with Crippen LogP contribution in [0.1, 0.15) is 0 Å². The van der Waals surface area contributed by atoms with Gasteiger partial charge in [0.25, 0.3) is 10.0 Å². The lowest BCUT2D eigenvalue weighted by Crippen LogP contribution is -2.13. The van der Waals surface area contributed by atoms with Crippen molar-refractivity contribution in [1.82, 2.24) is 0 Å². The number of hydrogen-bond acceptors (Lipinski definition) is 4. The predicted molar refractivity (Wildman–Crippen MR) is 69.8 cm³/mol. The molecule has 0 aliphatic heterocycles. The Balaban J connectivity index is 2.37. The summed E-state index contributed by atoms with van der Waals surface area (Å²) >= 11 is 0. The maximum atomic E-state index is 12.0. The summed E-state index contributed by atoms with van der Waals surface area (Å²) < 4.78 is 26.4. The third-order valence-corrected chi connectivity index (χ3v) is 3.73. The van der Waals surface area contributed by atoms with Gasteiger partial charge in [-0.05, 0) is 24.3 Å². The first kappa shape index (κ1) is 12.3. The van der Waals surface area contributed by atoms with E-state index in [0.29, 0.717) is 11.4 Å². The summed E-state index contributed by atoms with van der Waals surface area (Å²) in [6, 6.07) is 12.3. The largest absolute Gasteiger partial charge is 0.506 e. The Labute approximate surface area is 105 Å². The van der Waals surface area contributed by atoms with Crippen LogP contribution in [0.25, 0.3) is 0 Å². The van der Waals surface area contributed by atoms with Gasteiger partial charge in [-0.25, -0.2) is 8.42 Å². The number of nitrogens with two attached hydrogens (primary N) is 1. The molecule has 0 radical (unpaired) electrons. The number of rotatable bonds is 3. The summed E-state index contributed by atoms with van der Waals surface area (Å²) in [4.78, 5) is -0.208. The van der Waals surface area contributed by atoms with E-state index in [-0.39, 0.29) is 10.6 Å². The lowest BCUT2D eigenvalue weighted by Gasteiger charge is -2.09. The fourth-order valence-electron chi connectivity index (χ4n) is 1.48. The molecule has 6 heteroatoms. The number of hydrogen-bond donors (Lipinski definition) is 3. The topological polar surface area (TPSA) is 92.4 Å². The fourth-order valence-corrected chi connectivity index (χ4v) is 2.62.